The van der Waals surface area contributed by atoms with E-state index in [1.54, 1.807) is 0 Å². The minimum Gasteiger partial charge on any atom is -0.481 e. The number of aliphatic hydroxyl groups excluding tert-OH is 1. The van der Waals surface area contributed by atoms with E-state index in [9.17, 15) is 9.90 Å². The molecule has 1 aliphatic carbocycles. The van der Waals surface area contributed by atoms with Gasteiger partial charge in [0, 0.05) is 6.61 Å². The average Bonchev–Trinajstić information content (AvgIpc) is 2.29. The van der Waals surface area contributed by atoms with Crippen LogP contribution in [0.25, 0.3) is 0 Å². The molecule has 0 spiro atoms. The molecule has 0 aromatic rings. The molecule has 1 aliphatic rings. The van der Waals surface area contributed by atoms with Crippen LogP contribution in [0.4, 0.5) is 0 Å². The van der Waals surface area contributed by atoms with Crippen LogP contribution in [0.15, 0.2) is 0 Å². The van der Waals surface area contributed by atoms with Crippen LogP contribution in [-0.4, -0.2) is 22.8 Å². The van der Waals surface area contributed by atoms with Crippen molar-refractivity contribution in [2.45, 2.75) is 52.9 Å². The summed E-state index contributed by atoms with van der Waals surface area (Å²) in [5, 5.41) is 18.6. The number of carboxylic acid groups (broad SMARTS) is 1. The van der Waals surface area contributed by atoms with E-state index in [0.29, 0.717) is 18.3 Å². The third-order valence-corrected chi connectivity index (χ3v) is 4.43. The van der Waals surface area contributed by atoms with Crippen molar-refractivity contribution < 1.29 is 15.0 Å². The number of rotatable bonds is 5. The highest BCUT2D eigenvalue weighted by molar-refractivity contribution is 5.74. The van der Waals surface area contributed by atoms with Crippen molar-refractivity contribution >= 4 is 5.97 Å². The monoisotopic (exact) mass is 242 g/mol. The van der Waals surface area contributed by atoms with Gasteiger partial charge in [0.2, 0.25) is 0 Å². The molecule has 0 aromatic carbocycles. The number of hydrogen-bond donors (Lipinski definition) is 2. The molecular weight excluding hydrogens is 216 g/mol. The molecule has 0 saturated heterocycles. The van der Waals surface area contributed by atoms with Gasteiger partial charge >= 0.3 is 5.97 Å². The molecular formula is C14H26O3. The summed E-state index contributed by atoms with van der Waals surface area (Å²) in [6.45, 7) is 6.45. The summed E-state index contributed by atoms with van der Waals surface area (Å²) in [5.74, 6) is 0.741. The Morgan fingerprint density at radius 3 is 2.18 bits per heavy atom. The highest BCUT2D eigenvalue weighted by Crippen LogP contribution is 2.45. The number of aliphatic hydroxyl groups is 1. The predicted molar refractivity (Wildman–Crippen MR) is 67.7 cm³/mol. The van der Waals surface area contributed by atoms with Crippen LogP contribution in [0.5, 0.6) is 0 Å². The molecule has 0 radical (unpaired) electrons. The summed E-state index contributed by atoms with van der Waals surface area (Å²) in [6, 6.07) is 0. The molecule has 0 amide bonds. The van der Waals surface area contributed by atoms with Crippen molar-refractivity contribution in [2.24, 2.45) is 23.2 Å². The summed E-state index contributed by atoms with van der Waals surface area (Å²) in [7, 11) is 0. The van der Waals surface area contributed by atoms with Crippen LogP contribution < -0.4 is 0 Å². The second kappa shape index (κ2) is 5.85. The zero-order valence-electron chi connectivity index (χ0n) is 11.3. The number of hydrogen-bond acceptors (Lipinski definition) is 2. The van der Waals surface area contributed by atoms with E-state index in [1.807, 2.05) is 6.92 Å². The molecule has 1 unspecified atom stereocenters. The Labute approximate surface area is 104 Å². The van der Waals surface area contributed by atoms with Crippen LogP contribution in [0.1, 0.15) is 52.9 Å². The lowest BCUT2D eigenvalue weighted by atomic mass is 9.65. The fourth-order valence-corrected chi connectivity index (χ4v) is 3.10. The van der Waals surface area contributed by atoms with Gasteiger partial charge in [0.1, 0.15) is 0 Å². The highest BCUT2D eigenvalue weighted by Gasteiger charge is 2.42. The lowest BCUT2D eigenvalue weighted by molar-refractivity contribution is -0.153. The molecule has 3 nitrogen and oxygen atoms in total. The van der Waals surface area contributed by atoms with Crippen molar-refractivity contribution in [3.63, 3.8) is 0 Å². The maximum absolute atomic E-state index is 11.5. The smallest absolute Gasteiger partial charge is 0.309 e. The molecule has 17 heavy (non-hydrogen) atoms. The average molecular weight is 242 g/mol. The lowest BCUT2D eigenvalue weighted by Crippen LogP contribution is -2.38. The fourth-order valence-electron chi connectivity index (χ4n) is 3.10. The van der Waals surface area contributed by atoms with Crippen LogP contribution >= 0.6 is 0 Å². The van der Waals surface area contributed by atoms with E-state index in [1.165, 1.54) is 0 Å². The second-order valence-electron chi connectivity index (χ2n) is 6.16. The Hall–Kier alpha value is -0.570. The van der Waals surface area contributed by atoms with Gasteiger partial charge in [0.25, 0.3) is 0 Å². The van der Waals surface area contributed by atoms with Gasteiger partial charge in [0.15, 0.2) is 0 Å². The first-order valence-corrected chi connectivity index (χ1v) is 6.75. The van der Waals surface area contributed by atoms with E-state index in [4.69, 9.17) is 5.11 Å². The Morgan fingerprint density at radius 2 is 1.82 bits per heavy atom. The SMILES string of the molecule is CC(CO)CC1(C(=O)O)CCC(C(C)C)CC1. The van der Waals surface area contributed by atoms with Gasteiger partial charge in [-0.25, -0.2) is 0 Å². The van der Waals surface area contributed by atoms with Gasteiger partial charge in [-0.1, -0.05) is 20.8 Å². The molecule has 0 aliphatic heterocycles. The van der Waals surface area contributed by atoms with Gasteiger partial charge in [-0.15, -0.1) is 0 Å². The molecule has 2 N–H and O–H groups in total. The van der Waals surface area contributed by atoms with Gasteiger partial charge in [-0.2, -0.15) is 0 Å². The minimum atomic E-state index is -0.667. The standard InChI is InChI=1S/C14H26O3/c1-10(2)12-4-6-14(7-5-12,13(16)17)8-11(3)9-15/h10-12,15H,4-9H2,1-3H3,(H,16,17). The maximum Gasteiger partial charge on any atom is 0.309 e. The van der Waals surface area contributed by atoms with Crippen LogP contribution in [0.2, 0.25) is 0 Å². The van der Waals surface area contributed by atoms with E-state index >= 15 is 0 Å². The molecule has 1 atom stereocenters. The van der Waals surface area contributed by atoms with Crippen LogP contribution in [0.3, 0.4) is 0 Å². The Kier molecular flexibility index (Phi) is 4.99. The second-order valence-corrected chi connectivity index (χ2v) is 6.16. The largest absolute Gasteiger partial charge is 0.481 e. The summed E-state index contributed by atoms with van der Waals surface area (Å²) in [5.41, 5.74) is -0.576. The first kappa shape index (κ1) is 14.5. The third-order valence-electron chi connectivity index (χ3n) is 4.43. The first-order chi connectivity index (χ1) is 7.91. The van der Waals surface area contributed by atoms with Gasteiger partial charge in [0.05, 0.1) is 5.41 Å². The summed E-state index contributed by atoms with van der Waals surface area (Å²) >= 11 is 0. The van der Waals surface area contributed by atoms with Gasteiger partial charge < -0.3 is 10.2 Å². The van der Waals surface area contributed by atoms with Crippen molar-refractivity contribution in [1.82, 2.24) is 0 Å². The molecule has 0 aromatic heterocycles. The summed E-state index contributed by atoms with van der Waals surface area (Å²) in [6.07, 6.45) is 4.19. The van der Waals surface area contributed by atoms with Crippen molar-refractivity contribution in [2.75, 3.05) is 6.61 Å². The highest BCUT2D eigenvalue weighted by atomic mass is 16.4. The Balaban J connectivity index is 2.67. The lowest BCUT2D eigenvalue weighted by Gasteiger charge is -2.39. The molecule has 0 bridgehead atoms. The normalized spacial score (nSPS) is 31.5. The third kappa shape index (κ3) is 3.44. The maximum atomic E-state index is 11.5. The quantitative estimate of drug-likeness (QED) is 0.779. The zero-order valence-corrected chi connectivity index (χ0v) is 11.3. The van der Waals surface area contributed by atoms with E-state index in [0.717, 1.165) is 25.7 Å². The minimum absolute atomic E-state index is 0.0849. The molecule has 1 saturated carbocycles. The zero-order chi connectivity index (χ0) is 13.1. The molecule has 0 heterocycles. The number of carbonyl (C=O) groups is 1. The predicted octanol–water partition coefficient (Wildman–Crippen LogP) is 2.92. The molecule has 1 fully saturated rings. The Morgan fingerprint density at radius 1 is 1.29 bits per heavy atom. The topological polar surface area (TPSA) is 57.5 Å². The van der Waals surface area contributed by atoms with E-state index < -0.39 is 11.4 Å². The summed E-state index contributed by atoms with van der Waals surface area (Å²) in [4.78, 5) is 11.5. The first-order valence-electron chi connectivity index (χ1n) is 6.75. The van der Waals surface area contributed by atoms with Gasteiger partial charge in [-0.3, -0.25) is 4.79 Å². The van der Waals surface area contributed by atoms with E-state index in [2.05, 4.69) is 13.8 Å². The van der Waals surface area contributed by atoms with Crippen LogP contribution in [-0.2, 0) is 4.79 Å². The van der Waals surface area contributed by atoms with Crippen molar-refractivity contribution in [1.29, 1.82) is 0 Å². The number of carboxylic acids is 1. The molecule has 100 valence electrons. The van der Waals surface area contributed by atoms with Crippen LogP contribution in [0, 0.1) is 23.2 Å². The fraction of sp³-hybridized carbons (Fsp3) is 0.929. The van der Waals surface area contributed by atoms with E-state index in [-0.39, 0.29) is 12.5 Å². The van der Waals surface area contributed by atoms with Crippen molar-refractivity contribution in [3.05, 3.63) is 0 Å². The molecule has 1 rings (SSSR count). The Bertz CT molecular complexity index is 252. The summed E-state index contributed by atoms with van der Waals surface area (Å²) < 4.78 is 0. The van der Waals surface area contributed by atoms with Crippen molar-refractivity contribution in [3.8, 4) is 0 Å². The molecule has 3 heteroatoms. The number of aliphatic carboxylic acids is 1. The van der Waals surface area contributed by atoms with Gasteiger partial charge in [-0.05, 0) is 49.9 Å².